The Balaban J connectivity index is 1.51. The van der Waals surface area contributed by atoms with Crippen LogP contribution >= 0.6 is 0 Å². The van der Waals surface area contributed by atoms with E-state index in [1.807, 2.05) is 24.3 Å². The van der Waals surface area contributed by atoms with Crippen molar-refractivity contribution in [2.75, 3.05) is 5.32 Å². The summed E-state index contributed by atoms with van der Waals surface area (Å²) < 4.78 is 3.38. The maximum atomic E-state index is 12.5. The molecule has 1 N–H and O–H groups in total. The second-order valence-corrected chi connectivity index (χ2v) is 5.21. The molecule has 4 aromatic rings. The van der Waals surface area contributed by atoms with E-state index in [0.29, 0.717) is 17.1 Å². The average Bonchev–Trinajstić information content (AvgIpc) is 3.36. The molecular weight excluding hydrogens is 318 g/mol. The van der Waals surface area contributed by atoms with Crippen molar-refractivity contribution >= 4 is 11.6 Å². The highest BCUT2D eigenvalue weighted by Gasteiger charge is 2.08. The van der Waals surface area contributed by atoms with Crippen molar-refractivity contribution < 1.29 is 4.79 Å². The van der Waals surface area contributed by atoms with E-state index in [0.717, 1.165) is 5.69 Å². The standard InChI is InChI=1S/C17H13N7O/c25-17(13-5-6-20-16(9-13)23-8-7-18-11-23)22-14-1-3-15(4-2-14)24-12-19-10-21-24/h1-12H,(H,22,25). The summed E-state index contributed by atoms with van der Waals surface area (Å²) >= 11 is 0. The zero-order valence-electron chi connectivity index (χ0n) is 13.0. The number of amides is 1. The number of benzene rings is 1. The van der Waals surface area contributed by atoms with E-state index in [4.69, 9.17) is 0 Å². The number of nitrogens with zero attached hydrogens (tertiary/aromatic N) is 6. The molecule has 4 rings (SSSR count). The van der Waals surface area contributed by atoms with E-state index in [1.165, 1.54) is 6.33 Å². The minimum atomic E-state index is -0.211. The Labute approximate surface area is 142 Å². The Kier molecular flexibility index (Phi) is 3.76. The van der Waals surface area contributed by atoms with E-state index in [9.17, 15) is 4.79 Å². The van der Waals surface area contributed by atoms with Gasteiger partial charge in [0.15, 0.2) is 0 Å². The summed E-state index contributed by atoms with van der Waals surface area (Å²) in [6, 6.07) is 10.7. The third-order valence-electron chi connectivity index (χ3n) is 3.59. The number of rotatable bonds is 4. The molecule has 0 unspecified atom stereocenters. The molecule has 0 aliphatic carbocycles. The molecule has 25 heavy (non-hydrogen) atoms. The topological polar surface area (TPSA) is 90.5 Å². The van der Waals surface area contributed by atoms with Gasteiger partial charge in [-0.15, -0.1) is 0 Å². The van der Waals surface area contributed by atoms with Gasteiger partial charge in [0.2, 0.25) is 0 Å². The molecule has 0 saturated heterocycles. The second-order valence-electron chi connectivity index (χ2n) is 5.21. The molecule has 3 heterocycles. The highest BCUT2D eigenvalue weighted by atomic mass is 16.1. The third-order valence-corrected chi connectivity index (χ3v) is 3.59. The molecule has 0 atom stereocenters. The lowest BCUT2D eigenvalue weighted by Crippen LogP contribution is -2.12. The van der Waals surface area contributed by atoms with Crippen molar-refractivity contribution in [2.45, 2.75) is 0 Å². The first kappa shape index (κ1) is 14.8. The fourth-order valence-corrected chi connectivity index (χ4v) is 2.34. The molecular formula is C17H13N7O. The summed E-state index contributed by atoms with van der Waals surface area (Å²) in [5, 5.41) is 6.93. The lowest BCUT2D eigenvalue weighted by atomic mass is 10.2. The van der Waals surface area contributed by atoms with Crippen molar-refractivity contribution in [3.63, 3.8) is 0 Å². The predicted molar refractivity (Wildman–Crippen MR) is 90.7 cm³/mol. The van der Waals surface area contributed by atoms with Gasteiger partial charge >= 0.3 is 0 Å². The highest BCUT2D eigenvalue weighted by molar-refractivity contribution is 6.04. The van der Waals surface area contributed by atoms with Crippen LogP contribution in [0.15, 0.2) is 74.0 Å². The first-order valence-electron chi connectivity index (χ1n) is 7.50. The Bertz CT molecular complexity index is 976. The molecule has 0 aliphatic rings. The molecule has 0 bridgehead atoms. The number of nitrogens with one attached hydrogen (secondary N) is 1. The van der Waals surface area contributed by atoms with Crippen LogP contribution in [0.3, 0.4) is 0 Å². The van der Waals surface area contributed by atoms with Crippen LogP contribution in [0.25, 0.3) is 11.5 Å². The molecule has 0 saturated carbocycles. The number of imidazole rings is 1. The zero-order valence-corrected chi connectivity index (χ0v) is 13.0. The van der Waals surface area contributed by atoms with Gasteiger partial charge in [-0.2, -0.15) is 5.10 Å². The minimum absolute atomic E-state index is 0.211. The van der Waals surface area contributed by atoms with Gasteiger partial charge in [0.1, 0.15) is 24.8 Å². The van der Waals surface area contributed by atoms with Crippen LogP contribution in [0.5, 0.6) is 0 Å². The summed E-state index contributed by atoms with van der Waals surface area (Å²) in [6.07, 6.45) is 9.74. The van der Waals surface area contributed by atoms with Crippen LogP contribution < -0.4 is 5.32 Å². The lowest BCUT2D eigenvalue weighted by Gasteiger charge is -2.08. The minimum Gasteiger partial charge on any atom is -0.322 e. The zero-order chi connectivity index (χ0) is 17.1. The Hall–Kier alpha value is -3.81. The number of carbonyl (C=O) groups is 1. The number of aromatic nitrogens is 6. The molecule has 0 spiro atoms. The van der Waals surface area contributed by atoms with Crippen LogP contribution in [0.4, 0.5) is 5.69 Å². The van der Waals surface area contributed by atoms with Gasteiger partial charge in [-0.25, -0.2) is 19.6 Å². The van der Waals surface area contributed by atoms with Gasteiger partial charge in [0.05, 0.1) is 5.69 Å². The summed E-state index contributed by atoms with van der Waals surface area (Å²) in [5.74, 6) is 0.420. The van der Waals surface area contributed by atoms with Crippen LogP contribution in [0.1, 0.15) is 10.4 Å². The summed E-state index contributed by atoms with van der Waals surface area (Å²) in [7, 11) is 0. The smallest absolute Gasteiger partial charge is 0.255 e. The van der Waals surface area contributed by atoms with Crippen LogP contribution in [0, 0.1) is 0 Å². The normalized spacial score (nSPS) is 10.6. The van der Waals surface area contributed by atoms with E-state index >= 15 is 0 Å². The van der Waals surface area contributed by atoms with E-state index in [-0.39, 0.29) is 5.91 Å². The fraction of sp³-hybridized carbons (Fsp3) is 0. The summed E-state index contributed by atoms with van der Waals surface area (Å²) in [6.45, 7) is 0. The average molecular weight is 331 g/mol. The number of pyridine rings is 1. The first-order valence-corrected chi connectivity index (χ1v) is 7.50. The summed E-state index contributed by atoms with van der Waals surface area (Å²) in [4.78, 5) is 24.6. The van der Waals surface area contributed by atoms with Crippen molar-refractivity contribution in [3.8, 4) is 11.5 Å². The Morgan fingerprint density at radius 2 is 1.88 bits per heavy atom. The Morgan fingerprint density at radius 1 is 1.00 bits per heavy atom. The molecule has 8 nitrogen and oxygen atoms in total. The molecule has 1 amide bonds. The maximum Gasteiger partial charge on any atom is 0.255 e. The van der Waals surface area contributed by atoms with E-state index < -0.39 is 0 Å². The van der Waals surface area contributed by atoms with Gasteiger partial charge in [-0.3, -0.25) is 9.36 Å². The van der Waals surface area contributed by atoms with Crippen LogP contribution in [0.2, 0.25) is 0 Å². The molecule has 122 valence electrons. The molecule has 0 radical (unpaired) electrons. The van der Waals surface area contributed by atoms with Gasteiger partial charge in [0, 0.05) is 29.8 Å². The van der Waals surface area contributed by atoms with Gasteiger partial charge in [-0.1, -0.05) is 0 Å². The molecule has 3 aromatic heterocycles. The fourth-order valence-electron chi connectivity index (χ4n) is 2.34. The molecule has 0 aliphatic heterocycles. The predicted octanol–water partition coefficient (Wildman–Crippen LogP) is 2.10. The van der Waals surface area contributed by atoms with Crippen LogP contribution in [-0.2, 0) is 0 Å². The lowest BCUT2D eigenvalue weighted by molar-refractivity contribution is 0.102. The molecule has 0 fully saturated rings. The molecule has 1 aromatic carbocycles. The van der Waals surface area contributed by atoms with Crippen LogP contribution in [-0.4, -0.2) is 35.2 Å². The monoisotopic (exact) mass is 331 g/mol. The van der Waals surface area contributed by atoms with E-state index in [1.54, 1.807) is 52.6 Å². The number of anilines is 1. The van der Waals surface area contributed by atoms with Gasteiger partial charge < -0.3 is 5.32 Å². The summed E-state index contributed by atoms with van der Waals surface area (Å²) in [5.41, 5.74) is 2.07. The van der Waals surface area contributed by atoms with E-state index in [2.05, 4.69) is 25.4 Å². The van der Waals surface area contributed by atoms with Crippen molar-refractivity contribution in [3.05, 3.63) is 79.5 Å². The first-order chi connectivity index (χ1) is 12.3. The highest BCUT2D eigenvalue weighted by Crippen LogP contribution is 2.14. The SMILES string of the molecule is O=C(Nc1ccc(-n2cncn2)cc1)c1ccnc(-n2ccnc2)c1. The second kappa shape index (κ2) is 6.36. The van der Waals surface area contributed by atoms with Gasteiger partial charge in [-0.05, 0) is 36.4 Å². The number of hydrogen-bond donors (Lipinski definition) is 1. The van der Waals surface area contributed by atoms with Crippen molar-refractivity contribution in [2.24, 2.45) is 0 Å². The van der Waals surface area contributed by atoms with Gasteiger partial charge in [0.25, 0.3) is 5.91 Å². The maximum absolute atomic E-state index is 12.5. The Morgan fingerprint density at radius 3 is 2.60 bits per heavy atom. The number of hydrogen-bond acceptors (Lipinski definition) is 5. The van der Waals surface area contributed by atoms with Crippen molar-refractivity contribution in [1.29, 1.82) is 0 Å². The third kappa shape index (κ3) is 3.13. The molecule has 8 heteroatoms. The van der Waals surface area contributed by atoms with Crippen molar-refractivity contribution in [1.82, 2.24) is 29.3 Å². The number of carbonyl (C=O) groups excluding carboxylic acids is 1. The quantitative estimate of drug-likeness (QED) is 0.618. The largest absolute Gasteiger partial charge is 0.322 e.